The van der Waals surface area contributed by atoms with E-state index in [0.717, 1.165) is 11.6 Å². The van der Waals surface area contributed by atoms with Crippen molar-refractivity contribution in [2.24, 2.45) is 0 Å². The molecule has 166 valence electrons. The van der Waals surface area contributed by atoms with Crippen LogP contribution in [0.15, 0.2) is 54.7 Å². The number of benzene rings is 2. The molecule has 32 heavy (non-hydrogen) atoms. The molecule has 0 radical (unpaired) electrons. The predicted octanol–water partition coefficient (Wildman–Crippen LogP) is 3.35. The van der Waals surface area contributed by atoms with Gasteiger partial charge in [0, 0.05) is 37.3 Å². The van der Waals surface area contributed by atoms with E-state index >= 15 is 0 Å². The van der Waals surface area contributed by atoms with E-state index in [1.807, 2.05) is 18.2 Å². The molecule has 0 fully saturated rings. The number of nitro benzene ring substituents is 1. The van der Waals surface area contributed by atoms with Gasteiger partial charge in [-0.25, -0.2) is 9.48 Å². The lowest BCUT2D eigenvalue weighted by Crippen LogP contribution is -2.23. The fraction of sp³-hybridized carbons (Fsp3) is 0.190. The van der Waals surface area contributed by atoms with Crippen molar-refractivity contribution in [2.45, 2.75) is 6.54 Å². The molecular formula is C21H20ClN5O5. The van der Waals surface area contributed by atoms with Gasteiger partial charge in [0.05, 0.1) is 28.9 Å². The monoisotopic (exact) mass is 457 g/mol. The lowest BCUT2D eigenvalue weighted by atomic mass is 10.1. The van der Waals surface area contributed by atoms with Crippen LogP contribution in [0.3, 0.4) is 0 Å². The van der Waals surface area contributed by atoms with E-state index in [1.165, 1.54) is 18.3 Å². The Labute approximate surface area is 188 Å². The number of halogens is 1. The van der Waals surface area contributed by atoms with Crippen LogP contribution in [0, 0.1) is 10.1 Å². The molecule has 0 aliphatic rings. The number of nitro groups is 1. The molecule has 3 rings (SSSR count). The molecule has 1 amide bonds. The first kappa shape index (κ1) is 22.8. The average Bonchev–Trinajstić information content (AvgIpc) is 3.19. The number of nitrogens with zero attached hydrogens (tertiary/aromatic N) is 4. The van der Waals surface area contributed by atoms with Gasteiger partial charge in [-0.3, -0.25) is 14.9 Å². The molecule has 1 N–H and O–H groups in total. The molecule has 1 heterocycles. The number of carbonyl (C=O) groups is 2. The van der Waals surface area contributed by atoms with Gasteiger partial charge in [0.2, 0.25) is 0 Å². The van der Waals surface area contributed by atoms with E-state index in [0.29, 0.717) is 23.1 Å². The van der Waals surface area contributed by atoms with Crippen molar-refractivity contribution in [1.82, 2.24) is 9.78 Å². The maximum absolute atomic E-state index is 12.5. The van der Waals surface area contributed by atoms with Crippen molar-refractivity contribution >= 4 is 40.7 Å². The lowest BCUT2D eigenvalue weighted by molar-refractivity contribution is -0.384. The number of hydrogen-bond acceptors (Lipinski definition) is 7. The van der Waals surface area contributed by atoms with Gasteiger partial charge in [-0.2, -0.15) is 5.10 Å². The van der Waals surface area contributed by atoms with Gasteiger partial charge < -0.3 is 15.0 Å². The van der Waals surface area contributed by atoms with E-state index in [-0.39, 0.29) is 11.3 Å². The number of nitrogens with one attached hydrogen (secondary N) is 1. The number of amides is 1. The fourth-order valence-corrected chi connectivity index (χ4v) is 3.13. The smallest absolute Gasteiger partial charge is 0.341 e. The number of rotatable bonds is 8. The minimum Gasteiger partial charge on any atom is -0.452 e. The molecule has 10 nitrogen and oxygen atoms in total. The van der Waals surface area contributed by atoms with Gasteiger partial charge in [-0.1, -0.05) is 29.8 Å². The zero-order valence-corrected chi connectivity index (χ0v) is 18.1. The number of esters is 1. The molecule has 11 heteroatoms. The highest BCUT2D eigenvalue weighted by molar-refractivity contribution is 6.31. The van der Waals surface area contributed by atoms with Crippen LogP contribution in [-0.4, -0.2) is 47.3 Å². The largest absolute Gasteiger partial charge is 0.452 e. The van der Waals surface area contributed by atoms with Crippen LogP contribution < -0.4 is 10.2 Å². The van der Waals surface area contributed by atoms with Gasteiger partial charge in [-0.05, 0) is 17.7 Å². The number of anilines is 2. The van der Waals surface area contributed by atoms with Gasteiger partial charge in [0.1, 0.15) is 5.82 Å². The van der Waals surface area contributed by atoms with Crippen LogP contribution in [0.2, 0.25) is 5.02 Å². The molecule has 3 aromatic rings. The molecule has 0 unspecified atom stereocenters. The molecule has 0 bridgehead atoms. The lowest BCUT2D eigenvalue weighted by Gasteiger charge is -2.16. The summed E-state index contributed by atoms with van der Waals surface area (Å²) in [4.78, 5) is 36.9. The summed E-state index contributed by atoms with van der Waals surface area (Å²) in [6, 6.07) is 12.7. The Balaban J connectivity index is 1.66. The van der Waals surface area contributed by atoms with Crippen LogP contribution >= 0.6 is 11.6 Å². The standard InChI is InChI=1S/C21H20ClN5O5/c1-25(2)18-8-7-15(27(30)31)11-16(18)21(29)32-13-20(28)24-19-9-10-23-26(19)12-14-5-3-4-6-17(14)22/h3-11H,12-13H2,1-2H3,(H,24,28). The Kier molecular flexibility index (Phi) is 7.06. The summed E-state index contributed by atoms with van der Waals surface area (Å²) in [5.41, 5.74) is 0.983. The summed E-state index contributed by atoms with van der Waals surface area (Å²) < 4.78 is 6.64. The number of carbonyl (C=O) groups excluding carboxylic acids is 2. The van der Waals surface area contributed by atoms with E-state index in [1.54, 1.807) is 35.8 Å². The minimum atomic E-state index is -0.850. The van der Waals surface area contributed by atoms with Gasteiger partial charge in [0.15, 0.2) is 6.61 Å². The van der Waals surface area contributed by atoms with Crippen molar-refractivity contribution in [3.8, 4) is 0 Å². The number of non-ortho nitro benzene ring substituents is 1. The van der Waals surface area contributed by atoms with Crippen molar-refractivity contribution in [2.75, 3.05) is 30.9 Å². The molecule has 0 aliphatic carbocycles. The van der Waals surface area contributed by atoms with E-state index < -0.39 is 23.4 Å². The summed E-state index contributed by atoms with van der Waals surface area (Å²) in [5.74, 6) is -1.04. The Bertz CT molecular complexity index is 1160. The van der Waals surface area contributed by atoms with Gasteiger partial charge in [-0.15, -0.1) is 0 Å². The SMILES string of the molecule is CN(C)c1ccc([N+](=O)[O-])cc1C(=O)OCC(=O)Nc1ccnn1Cc1ccccc1Cl. The molecule has 0 spiro atoms. The van der Waals surface area contributed by atoms with Crippen molar-refractivity contribution in [3.05, 3.63) is 81.0 Å². The minimum absolute atomic E-state index is 0.0132. The third kappa shape index (κ3) is 5.41. The Morgan fingerprint density at radius 3 is 2.66 bits per heavy atom. The van der Waals surface area contributed by atoms with Gasteiger partial charge in [0.25, 0.3) is 11.6 Å². The summed E-state index contributed by atoms with van der Waals surface area (Å²) >= 11 is 6.18. The summed E-state index contributed by atoms with van der Waals surface area (Å²) in [7, 11) is 3.37. The maximum atomic E-state index is 12.5. The van der Waals surface area contributed by atoms with Crippen LogP contribution in [-0.2, 0) is 16.1 Å². The second kappa shape index (κ2) is 9.92. The molecular weight excluding hydrogens is 438 g/mol. The van der Waals surface area contributed by atoms with E-state index in [9.17, 15) is 19.7 Å². The van der Waals surface area contributed by atoms with Crippen molar-refractivity contribution in [1.29, 1.82) is 0 Å². The number of ether oxygens (including phenoxy) is 1. The molecule has 0 atom stereocenters. The zero-order valence-electron chi connectivity index (χ0n) is 17.3. The van der Waals surface area contributed by atoms with Crippen LogP contribution in [0.5, 0.6) is 0 Å². The number of aromatic nitrogens is 2. The first-order chi connectivity index (χ1) is 15.3. The molecule has 0 aliphatic heterocycles. The van der Waals surface area contributed by atoms with Crippen LogP contribution in [0.1, 0.15) is 15.9 Å². The highest BCUT2D eigenvalue weighted by atomic mass is 35.5. The summed E-state index contributed by atoms with van der Waals surface area (Å²) in [6.45, 7) is -0.242. The Morgan fingerprint density at radius 2 is 1.97 bits per heavy atom. The van der Waals surface area contributed by atoms with Crippen LogP contribution in [0.25, 0.3) is 0 Å². The number of hydrogen-bond donors (Lipinski definition) is 1. The van der Waals surface area contributed by atoms with E-state index in [2.05, 4.69) is 10.4 Å². The van der Waals surface area contributed by atoms with E-state index in [4.69, 9.17) is 16.3 Å². The Morgan fingerprint density at radius 1 is 1.22 bits per heavy atom. The third-order valence-electron chi connectivity index (χ3n) is 4.49. The van der Waals surface area contributed by atoms with Crippen LogP contribution in [0.4, 0.5) is 17.2 Å². The first-order valence-corrected chi connectivity index (χ1v) is 9.82. The quantitative estimate of drug-likeness (QED) is 0.313. The van der Waals surface area contributed by atoms with Gasteiger partial charge >= 0.3 is 5.97 Å². The van der Waals surface area contributed by atoms with Crippen molar-refractivity contribution < 1.29 is 19.2 Å². The molecule has 0 saturated carbocycles. The van der Waals surface area contributed by atoms with Crippen molar-refractivity contribution in [3.63, 3.8) is 0 Å². The summed E-state index contributed by atoms with van der Waals surface area (Å²) in [6.07, 6.45) is 1.52. The first-order valence-electron chi connectivity index (χ1n) is 9.44. The fourth-order valence-electron chi connectivity index (χ4n) is 2.93. The topological polar surface area (TPSA) is 120 Å². The maximum Gasteiger partial charge on any atom is 0.341 e. The molecule has 2 aromatic carbocycles. The molecule has 1 aromatic heterocycles. The highest BCUT2D eigenvalue weighted by Crippen LogP contribution is 2.25. The third-order valence-corrected chi connectivity index (χ3v) is 4.86. The normalized spacial score (nSPS) is 10.5. The molecule has 0 saturated heterocycles. The Hall–Kier alpha value is -3.92. The second-order valence-corrected chi connectivity index (χ2v) is 7.35. The predicted molar refractivity (Wildman–Crippen MR) is 119 cm³/mol. The zero-order chi connectivity index (χ0) is 23.3. The highest BCUT2D eigenvalue weighted by Gasteiger charge is 2.20. The second-order valence-electron chi connectivity index (χ2n) is 6.94. The average molecular weight is 458 g/mol. The summed E-state index contributed by atoms with van der Waals surface area (Å²) in [5, 5.41) is 18.4.